The average molecular weight is 401 g/mol. The summed E-state index contributed by atoms with van der Waals surface area (Å²) < 4.78 is 0. The third-order valence-electron chi connectivity index (χ3n) is 6.96. The second-order valence-corrected chi connectivity index (χ2v) is 8.35. The zero-order valence-electron chi connectivity index (χ0n) is 17.7. The Bertz CT molecular complexity index is 1050. The van der Waals surface area contributed by atoms with Crippen LogP contribution in [-0.2, 0) is 10.2 Å². The number of hydrogen-bond donors (Lipinski definition) is 1. The largest absolute Gasteiger partial charge is 0.477 e. The van der Waals surface area contributed by atoms with Gasteiger partial charge in [-0.05, 0) is 78.1 Å². The summed E-state index contributed by atoms with van der Waals surface area (Å²) in [6.45, 7) is 6.71. The zero-order chi connectivity index (χ0) is 21.3. The zero-order valence-corrected chi connectivity index (χ0v) is 17.7. The van der Waals surface area contributed by atoms with E-state index in [0.29, 0.717) is 0 Å². The molecule has 1 N–H and O–H groups in total. The summed E-state index contributed by atoms with van der Waals surface area (Å²) in [7, 11) is 0. The number of rotatable bonds is 5. The fraction of sp³-hybridized carbons (Fsp3) is 0.385. The Kier molecular flexibility index (Phi) is 5.39. The number of aliphatic carboxylic acids is 1. The molecule has 0 saturated carbocycles. The van der Waals surface area contributed by atoms with Gasteiger partial charge in [0.05, 0.1) is 0 Å². The summed E-state index contributed by atoms with van der Waals surface area (Å²) in [6, 6.07) is 14.8. The Morgan fingerprint density at radius 3 is 2.30 bits per heavy atom. The van der Waals surface area contributed by atoms with Crippen LogP contribution in [0, 0.1) is 11.3 Å². The number of fused-ring (bicyclic) bond motifs is 3. The molecule has 30 heavy (non-hydrogen) atoms. The number of nitriles is 1. The van der Waals surface area contributed by atoms with Crippen LogP contribution in [-0.4, -0.2) is 24.2 Å². The number of benzene rings is 2. The van der Waals surface area contributed by atoms with Crippen molar-refractivity contribution in [2.24, 2.45) is 0 Å². The molecule has 1 saturated heterocycles. The number of nitrogens with zero attached hydrogens (tertiary/aromatic N) is 2. The molecule has 0 spiro atoms. The van der Waals surface area contributed by atoms with Crippen molar-refractivity contribution in [3.05, 3.63) is 58.7 Å². The maximum Gasteiger partial charge on any atom is 0.346 e. The molecule has 154 valence electrons. The fourth-order valence-electron chi connectivity index (χ4n) is 5.26. The summed E-state index contributed by atoms with van der Waals surface area (Å²) >= 11 is 0. The van der Waals surface area contributed by atoms with Gasteiger partial charge < -0.3 is 10.0 Å². The lowest BCUT2D eigenvalue weighted by Crippen LogP contribution is -2.30. The van der Waals surface area contributed by atoms with Crippen molar-refractivity contribution in [3.63, 3.8) is 0 Å². The molecule has 0 amide bonds. The van der Waals surface area contributed by atoms with Crippen LogP contribution in [0.1, 0.15) is 62.6 Å². The molecule has 4 rings (SSSR count). The molecule has 1 aliphatic carbocycles. The van der Waals surface area contributed by atoms with Gasteiger partial charge in [-0.15, -0.1) is 0 Å². The molecule has 4 nitrogen and oxygen atoms in total. The first kappa shape index (κ1) is 20.2. The van der Waals surface area contributed by atoms with Crippen LogP contribution in [0.5, 0.6) is 0 Å². The minimum atomic E-state index is -1.19. The normalized spacial score (nSPS) is 17.2. The van der Waals surface area contributed by atoms with Gasteiger partial charge in [0, 0.05) is 24.2 Å². The number of carbonyl (C=O) groups is 1. The topological polar surface area (TPSA) is 64.3 Å². The molecule has 4 heteroatoms. The molecule has 2 aliphatic rings. The summed E-state index contributed by atoms with van der Waals surface area (Å²) in [5.41, 5.74) is 6.88. The number of piperidine rings is 1. The predicted octanol–water partition coefficient (Wildman–Crippen LogP) is 5.75. The predicted molar refractivity (Wildman–Crippen MR) is 121 cm³/mol. The summed E-state index contributed by atoms with van der Waals surface area (Å²) in [5, 5.41) is 18.4. The maximum absolute atomic E-state index is 11.3. The highest BCUT2D eigenvalue weighted by Crippen LogP contribution is 2.53. The van der Waals surface area contributed by atoms with E-state index in [9.17, 15) is 9.90 Å². The lowest BCUT2D eigenvalue weighted by atomic mass is 9.73. The molecule has 0 unspecified atom stereocenters. The number of anilines is 1. The van der Waals surface area contributed by atoms with Crippen LogP contribution in [0.2, 0.25) is 0 Å². The third kappa shape index (κ3) is 3.19. The molecular formula is C26H28N2O2. The monoisotopic (exact) mass is 400 g/mol. The van der Waals surface area contributed by atoms with Crippen LogP contribution < -0.4 is 4.90 Å². The molecular weight excluding hydrogens is 372 g/mol. The van der Waals surface area contributed by atoms with Gasteiger partial charge >= 0.3 is 5.97 Å². The van der Waals surface area contributed by atoms with Gasteiger partial charge in [-0.25, -0.2) is 4.79 Å². The van der Waals surface area contributed by atoms with Crippen LogP contribution in [0.25, 0.3) is 17.2 Å². The van der Waals surface area contributed by atoms with Crippen molar-refractivity contribution >= 4 is 17.7 Å². The Morgan fingerprint density at radius 1 is 1.07 bits per heavy atom. The highest BCUT2D eigenvalue weighted by Gasteiger charge is 2.41. The minimum absolute atomic E-state index is 0.0870. The van der Waals surface area contributed by atoms with Crippen LogP contribution in [0.3, 0.4) is 0 Å². The van der Waals surface area contributed by atoms with E-state index in [1.165, 1.54) is 53.3 Å². The second-order valence-electron chi connectivity index (χ2n) is 8.35. The first-order chi connectivity index (χ1) is 14.5. The van der Waals surface area contributed by atoms with Crippen LogP contribution in [0.15, 0.2) is 42.0 Å². The summed E-state index contributed by atoms with van der Waals surface area (Å²) in [6.07, 6.45) is 7.25. The van der Waals surface area contributed by atoms with Crippen LogP contribution in [0.4, 0.5) is 5.69 Å². The first-order valence-electron chi connectivity index (χ1n) is 10.9. The minimum Gasteiger partial charge on any atom is -0.477 e. The Morgan fingerprint density at radius 2 is 1.70 bits per heavy atom. The highest BCUT2D eigenvalue weighted by molar-refractivity contribution is 5.96. The second kappa shape index (κ2) is 7.99. The molecule has 2 aromatic rings. The van der Waals surface area contributed by atoms with Crippen molar-refractivity contribution < 1.29 is 9.90 Å². The molecule has 0 aromatic heterocycles. The van der Waals surface area contributed by atoms with Crippen molar-refractivity contribution in [1.82, 2.24) is 0 Å². The van der Waals surface area contributed by atoms with Gasteiger partial charge in [0.25, 0.3) is 0 Å². The summed E-state index contributed by atoms with van der Waals surface area (Å²) in [5.74, 6) is -1.19. The van der Waals surface area contributed by atoms with Crippen LogP contribution >= 0.6 is 0 Å². The van der Waals surface area contributed by atoms with E-state index in [0.717, 1.165) is 31.5 Å². The van der Waals surface area contributed by atoms with Gasteiger partial charge in [0.1, 0.15) is 11.6 Å². The van der Waals surface area contributed by atoms with Gasteiger partial charge in [-0.2, -0.15) is 5.26 Å². The van der Waals surface area contributed by atoms with Crippen molar-refractivity contribution in [3.8, 4) is 17.2 Å². The molecule has 1 aliphatic heterocycles. The number of carboxylic acid groups (broad SMARTS) is 1. The van der Waals surface area contributed by atoms with E-state index < -0.39 is 5.97 Å². The van der Waals surface area contributed by atoms with Crippen molar-refractivity contribution in [2.45, 2.75) is 51.4 Å². The van der Waals surface area contributed by atoms with Gasteiger partial charge in [0.2, 0.25) is 0 Å². The van der Waals surface area contributed by atoms with E-state index >= 15 is 0 Å². The van der Waals surface area contributed by atoms with Gasteiger partial charge in [0.15, 0.2) is 0 Å². The number of hydrogen-bond acceptors (Lipinski definition) is 3. The van der Waals surface area contributed by atoms with E-state index in [2.05, 4.69) is 49.1 Å². The van der Waals surface area contributed by atoms with E-state index in [4.69, 9.17) is 5.26 Å². The molecule has 1 heterocycles. The smallest absolute Gasteiger partial charge is 0.346 e. The Hall–Kier alpha value is -3.06. The maximum atomic E-state index is 11.3. The van der Waals surface area contributed by atoms with E-state index in [-0.39, 0.29) is 11.0 Å². The van der Waals surface area contributed by atoms with Crippen molar-refractivity contribution in [2.75, 3.05) is 18.0 Å². The molecule has 1 fully saturated rings. The fourth-order valence-corrected chi connectivity index (χ4v) is 5.26. The molecule has 0 bridgehead atoms. The Labute approximate surface area is 178 Å². The molecule has 2 aromatic carbocycles. The highest BCUT2D eigenvalue weighted by atomic mass is 16.4. The Balaban J connectivity index is 1.83. The number of carboxylic acids is 1. The van der Waals surface area contributed by atoms with Gasteiger partial charge in [-0.3, -0.25) is 0 Å². The lowest BCUT2D eigenvalue weighted by molar-refractivity contribution is -0.132. The first-order valence-corrected chi connectivity index (χ1v) is 10.9. The average Bonchev–Trinajstić information content (AvgIpc) is 3.06. The molecule has 0 radical (unpaired) electrons. The van der Waals surface area contributed by atoms with Crippen molar-refractivity contribution in [1.29, 1.82) is 5.26 Å². The SMILES string of the molecule is CCC1(CC)c2cc(/C=C(\C#N)C(=O)O)ccc2-c2ccc(N3CCCCC3)cc21. The third-order valence-corrected chi connectivity index (χ3v) is 6.96. The summed E-state index contributed by atoms with van der Waals surface area (Å²) in [4.78, 5) is 13.8. The molecule has 0 atom stereocenters. The lowest BCUT2D eigenvalue weighted by Gasteiger charge is -2.33. The van der Waals surface area contributed by atoms with E-state index in [1.54, 1.807) is 6.07 Å². The van der Waals surface area contributed by atoms with Gasteiger partial charge in [-0.1, -0.05) is 38.1 Å². The standard InChI is InChI=1S/C26H28N2O2/c1-3-26(4-2)23-15-18(14-19(17-27)25(29)30)8-10-21(23)22-11-9-20(16-24(22)26)28-12-6-5-7-13-28/h8-11,14-16H,3-7,12-13H2,1-2H3,(H,29,30)/b19-14+. The quantitative estimate of drug-likeness (QED) is 0.512. The van der Waals surface area contributed by atoms with E-state index in [1.807, 2.05) is 6.07 Å².